The lowest BCUT2D eigenvalue weighted by Gasteiger charge is -2.50. The van der Waals surface area contributed by atoms with E-state index < -0.39 is 0 Å². The molecule has 17 heavy (non-hydrogen) atoms. The minimum absolute atomic E-state index is 0.369. The van der Waals surface area contributed by atoms with Crippen LogP contribution in [0.25, 0.3) is 0 Å². The van der Waals surface area contributed by atoms with Crippen LogP contribution in [0.3, 0.4) is 0 Å². The van der Waals surface area contributed by atoms with Gasteiger partial charge in [-0.05, 0) is 43.9 Å². The van der Waals surface area contributed by atoms with Gasteiger partial charge >= 0.3 is 0 Å². The highest BCUT2D eigenvalue weighted by Gasteiger charge is 2.41. The van der Waals surface area contributed by atoms with Crippen molar-refractivity contribution in [3.05, 3.63) is 42.9 Å². The molecule has 1 saturated carbocycles. The van der Waals surface area contributed by atoms with E-state index in [1.807, 2.05) is 6.08 Å². The quantitative estimate of drug-likeness (QED) is 0.467. The van der Waals surface area contributed by atoms with Crippen molar-refractivity contribution in [2.45, 2.75) is 46.0 Å². The van der Waals surface area contributed by atoms with Gasteiger partial charge in [-0.1, -0.05) is 43.1 Å². The average molecular weight is 229 g/mol. The zero-order valence-electron chi connectivity index (χ0n) is 11.3. The van der Waals surface area contributed by atoms with Crippen LogP contribution >= 0.6 is 0 Å². The van der Waals surface area contributed by atoms with E-state index in [1.54, 1.807) is 5.57 Å². The lowest BCUT2D eigenvalue weighted by molar-refractivity contribution is 0.162. The van der Waals surface area contributed by atoms with Gasteiger partial charge in [-0.15, -0.1) is 0 Å². The SMILES string of the molecule is C=C[CH-][C@@H]1CCC=C2CC[C@@H](C(=C)C)C[C@]21C. The Hall–Kier alpha value is -0.910. The molecule has 0 aromatic rings. The Bertz CT molecular complexity index is 347. The molecule has 0 N–H and O–H groups in total. The molecule has 2 aliphatic carbocycles. The lowest BCUT2D eigenvalue weighted by Crippen LogP contribution is -2.37. The van der Waals surface area contributed by atoms with Crippen molar-refractivity contribution in [2.24, 2.45) is 17.3 Å². The van der Waals surface area contributed by atoms with Crippen LogP contribution in [-0.2, 0) is 0 Å². The number of allylic oxidation sites excluding steroid dienone is 4. The van der Waals surface area contributed by atoms with E-state index in [4.69, 9.17) is 0 Å². The Kier molecular flexibility index (Phi) is 3.51. The zero-order chi connectivity index (χ0) is 12.5. The molecule has 0 radical (unpaired) electrons. The molecule has 2 aliphatic rings. The molecule has 3 atom stereocenters. The highest BCUT2D eigenvalue weighted by molar-refractivity contribution is 5.26. The monoisotopic (exact) mass is 229 g/mol. The van der Waals surface area contributed by atoms with E-state index in [0.717, 1.165) is 5.92 Å². The molecule has 0 nitrogen and oxygen atoms in total. The van der Waals surface area contributed by atoms with Crippen LogP contribution in [0.1, 0.15) is 46.0 Å². The fourth-order valence-electron chi connectivity index (χ4n) is 3.73. The minimum Gasteiger partial charge on any atom is -0.245 e. The van der Waals surface area contributed by atoms with Crippen LogP contribution in [0, 0.1) is 23.7 Å². The number of rotatable bonds is 3. The van der Waals surface area contributed by atoms with Crippen LogP contribution in [0.15, 0.2) is 36.5 Å². The van der Waals surface area contributed by atoms with E-state index in [-0.39, 0.29) is 0 Å². The molecule has 0 heteroatoms. The number of hydrogen-bond acceptors (Lipinski definition) is 0. The Morgan fingerprint density at radius 3 is 2.94 bits per heavy atom. The van der Waals surface area contributed by atoms with Gasteiger partial charge in [0.2, 0.25) is 0 Å². The van der Waals surface area contributed by atoms with Crippen LogP contribution in [0.4, 0.5) is 0 Å². The molecule has 0 spiro atoms. The Balaban J connectivity index is 2.24. The van der Waals surface area contributed by atoms with Gasteiger partial charge in [0.15, 0.2) is 0 Å². The lowest BCUT2D eigenvalue weighted by atomic mass is 9.56. The summed E-state index contributed by atoms with van der Waals surface area (Å²) in [5, 5.41) is 0. The van der Waals surface area contributed by atoms with Crippen LogP contribution < -0.4 is 0 Å². The fraction of sp³-hybridized carbons (Fsp3) is 0.588. The predicted octanol–water partition coefficient (Wildman–Crippen LogP) is 5.10. The summed E-state index contributed by atoms with van der Waals surface area (Å²) in [6, 6.07) is 0. The third kappa shape index (κ3) is 2.22. The van der Waals surface area contributed by atoms with Gasteiger partial charge in [-0.3, -0.25) is 0 Å². The average Bonchev–Trinajstić information content (AvgIpc) is 2.29. The fourth-order valence-corrected chi connectivity index (χ4v) is 3.73. The van der Waals surface area contributed by atoms with Crippen molar-refractivity contribution >= 4 is 0 Å². The maximum atomic E-state index is 4.17. The van der Waals surface area contributed by atoms with E-state index in [9.17, 15) is 0 Å². The van der Waals surface area contributed by atoms with Crippen LogP contribution in [0.5, 0.6) is 0 Å². The summed E-state index contributed by atoms with van der Waals surface area (Å²) in [7, 11) is 0. The summed E-state index contributed by atoms with van der Waals surface area (Å²) in [4.78, 5) is 0. The highest BCUT2D eigenvalue weighted by Crippen LogP contribution is 2.54. The third-order valence-electron chi connectivity index (χ3n) is 4.92. The second kappa shape index (κ2) is 4.76. The van der Waals surface area contributed by atoms with Crippen molar-refractivity contribution in [2.75, 3.05) is 0 Å². The molecular formula is C17H25-. The van der Waals surface area contributed by atoms with Gasteiger partial charge in [0, 0.05) is 0 Å². The second-order valence-electron chi connectivity index (χ2n) is 6.04. The normalized spacial score (nSPS) is 36.7. The summed E-state index contributed by atoms with van der Waals surface area (Å²) >= 11 is 0. The topological polar surface area (TPSA) is 0 Å². The first-order valence-electron chi connectivity index (χ1n) is 6.88. The molecule has 0 aromatic carbocycles. The Labute approximate surface area is 106 Å². The first kappa shape index (κ1) is 12.5. The minimum atomic E-state index is 0.369. The maximum Gasteiger partial charge on any atom is -0.0198 e. The smallest absolute Gasteiger partial charge is 0.0198 e. The van der Waals surface area contributed by atoms with Crippen molar-refractivity contribution in [1.82, 2.24) is 0 Å². The van der Waals surface area contributed by atoms with Gasteiger partial charge in [0.1, 0.15) is 0 Å². The first-order valence-corrected chi connectivity index (χ1v) is 6.88. The van der Waals surface area contributed by atoms with E-state index in [1.165, 1.54) is 37.7 Å². The molecule has 0 aromatic heterocycles. The molecule has 2 rings (SSSR count). The van der Waals surface area contributed by atoms with Gasteiger partial charge in [-0.2, -0.15) is 0 Å². The summed E-state index contributed by atoms with van der Waals surface area (Å²) in [5.74, 6) is 1.40. The van der Waals surface area contributed by atoms with Gasteiger partial charge in [-0.25, -0.2) is 19.1 Å². The Morgan fingerprint density at radius 2 is 2.29 bits per heavy atom. The van der Waals surface area contributed by atoms with Gasteiger partial charge < -0.3 is 0 Å². The first-order chi connectivity index (χ1) is 8.08. The third-order valence-corrected chi connectivity index (χ3v) is 4.92. The van der Waals surface area contributed by atoms with Crippen LogP contribution in [-0.4, -0.2) is 0 Å². The van der Waals surface area contributed by atoms with Crippen LogP contribution in [0.2, 0.25) is 0 Å². The summed E-state index contributed by atoms with van der Waals surface area (Å²) in [6.07, 6.45) is 13.2. The molecule has 0 unspecified atom stereocenters. The van der Waals surface area contributed by atoms with Gasteiger partial charge in [0.25, 0.3) is 0 Å². The summed E-state index contributed by atoms with van der Waals surface area (Å²) < 4.78 is 0. The molecule has 0 saturated heterocycles. The van der Waals surface area contributed by atoms with E-state index in [0.29, 0.717) is 11.3 Å². The van der Waals surface area contributed by atoms with E-state index in [2.05, 4.69) is 39.5 Å². The van der Waals surface area contributed by atoms with E-state index >= 15 is 0 Å². The molecule has 1 fully saturated rings. The molecule has 0 heterocycles. The number of hydrogen-bond donors (Lipinski definition) is 0. The largest absolute Gasteiger partial charge is 0.245 e. The van der Waals surface area contributed by atoms with Gasteiger partial charge in [0.05, 0.1) is 0 Å². The predicted molar refractivity (Wildman–Crippen MR) is 75.6 cm³/mol. The summed E-state index contributed by atoms with van der Waals surface area (Å²) in [5.41, 5.74) is 3.44. The highest BCUT2D eigenvalue weighted by atomic mass is 14.5. The van der Waals surface area contributed by atoms with Crippen molar-refractivity contribution in [3.63, 3.8) is 0 Å². The molecule has 0 aliphatic heterocycles. The maximum absolute atomic E-state index is 4.17. The number of fused-ring (bicyclic) bond motifs is 1. The molecule has 0 bridgehead atoms. The molecular weight excluding hydrogens is 204 g/mol. The summed E-state index contributed by atoms with van der Waals surface area (Å²) in [6.45, 7) is 12.7. The van der Waals surface area contributed by atoms with Crippen molar-refractivity contribution in [3.8, 4) is 0 Å². The van der Waals surface area contributed by atoms with Crippen molar-refractivity contribution < 1.29 is 0 Å². The molecule has 0 amide bonds. The standard InChI is InChI=1S/C17H25/c1-5-7-15-8-6-9-16-11-10-14(13(2)3)12-17(15,16)4/h5,7,9,14-15H,1-2,6,8,10-12H2,3-4H3/q-1/t14-,15-,17+/m1/s1. The van der Waals surface area contributed by atoms with Crippen molar-refractivity contribution in [1.29, 1.82) is 0 Å². The zero-order valence-corrected chi connectivity index (χ0v) is 11.3. The Morgan fingerprint density at radius 1 is 1.53 bits per heavy atom. The second-order valence-corrected chi connectivity index (χ2v) is 6.04. The molecule has 94 valence electrons.